The Bertz CT molecular complexity index is 233. The predicted octanol–water partition coefficient (Wildman–Crippen LogP) is 2.94. The van der Waals surface area contributed by atoms with E-state index in [1.807, 2.05) is 25.1 Å². The normalized spacial score (nSPS) is 13.0. The van der Waals surface area contributed by atoms with Crippen molar-refractivity contribution >= 4 is 11.6 Å². The second-order valence-corrected chi connectivity index (χ2v) is 3.18. The molecule has 11 heavy (non-hydrogen) atoms. The summed E-state index contributed by atoms with van der Waals surface area (Å²) < 4.78 is 0. The van der Waals surface area contributed by atoms with Crippen molar-refractivity contribution in [1.82, 2.24) is 4.98 Å². The zero-order chi connectivity index (χ0) is 8.27. The highest BCUT2D eigenvalue weighted by molar-refractivity contribution is 6.20. The molecule has 0 aliphatic heterocycles. The molecule has 1 aromatic heterocycles. The van der Waals surface area contributed by atoms with Crippen molar-refractivity contribution in [3.8, 4) is 0 Å². The number of hydrogen-bond donors (Lipinski definition) is 0. The maximum Gasteiger partial charge on any atom is 0.0729 e. The Morgan fingerprint density at radius 1 is 1.55 bits per heavy atom. The van der Waals surface area contributed by atoms with E-state index in [1.165, 1.54) is 0 Å². The molecule has 0 amide bonds. The fourth-order valence-corrected chi connectivity index (χ4v) is 1.04. The summed E-state index contributed by atoms with van der Waals surface area (Å²) in [5.74, 6) is 0. The van der Waals surface area contributed by atoms with Gasteiger partial charge in [-0.15, -0.1) is 11.6 Å². The highest BCUT2D eigenvalue weighted by Crippen LogP contribution is 2.16. The summed E-state index contributed by atoms with van der Waals surface area (Å²) >= 11 is 5.87. The van der Waals surface area contributed by atoms with Crippen LogP contribution >= 0.6 is 11.6 Å². The van der Waals surface area contributed by atoms with Gasteiger partial charge in [0.15, 0.2) is 0 Å². The molecule has 0 aliphatic rings. The average Bonchev–Trinajstić information content (AvgIpc) is 2.05. The number of pyridine rings is 1. The fraction of sp³-hybridized carbons (Fsp3) is 0.444. The van der Waals surface area contributed by atoms with Crippen LogP contribution in [0.15, 0.2) is 18.2 Å². The number of rotatable bonds is 2. The quantitative estimate of drug-likeness (QED) is 0.621. The molecule has 0 saturated heterocycles. The summed E-state index contributed by atoms with van der Waals surface area (Å²) in [6.45, 7) is 4.02. The van der Waals surface area contributed by atoms with Gasteiger partial charge in [0, 0.05) is 5.69 Å². The van der Waals surface area contributed by atoms with Gasteiger partial charge in [-0.1, -0.05) is 13.0 Å². The van der Waals surface area contributed by atoms with Crippen LogP contribution in [0, 0.1) is 0 Å². The van der Waals surface area contributed by atoms with Crippen molar-refractivity contribution in [3.05, 3.63) is 29.6 Å². The third kappa shape index (κ3) is 2.19. The van der Waals surface area contributed by atoms with Crippen LogP contribution in [0.1, 0.15) is 30.6 Å². The molecule has 1 heterocycles. The summed E-state index contributed by atoms with van der Waals surface area (Å²) in [5, 5.41) is 0.0153. The maximum absolute atomic E-state index is 5.87. The van der Waals surface area contributed by atoms with E-state index in [4.69, 9.17) is 11.6 Å². The zero-order valence-corrected chi connectivity index (χ0v) is 7.60. The molecular formula is C9H12ClN. The number of nitrogens with zero attached hydrogens (tertiary/aromatic N) is 1. The Labute approximate surface area is 72.4 Å². The molecule has 0 aromatic carbocycles. The van der Waals surface area contributed by atoms with Crippen LogP contribution in [0.2, 0.25) is 0 Å². The Morgan fingerprint density at radius 2 is 2.27 bits per heavy atom. The number of aromatic nitrogens is 1. The lowest BCUT2D eigenvalue weighted by molar-refractivity contribution is 0.934. The van der Waals surface area contributed by atoms with Gasteiger partial charge < -0.3 is 0 Å². The molecule has 2 heteroatoms. The van der Waals surface area contributed by atoms with Gasteiger partial charge in [0.05, 0.1) is 11.1 Å². The topological polar surface area (TPSA) is 12.9 Å². The van der Waals surface area contributed by atoms with Crippen LogP contribution in [0.4, 0.5) is 0 Å². The van der Waals surface area contributed by atoms with Gasteiger partial charge in [-0.25, -0.2) is 0 Å². The Hall–Kier alpha value is -0.560. The highest BCUT2D eigenvalue weighted by atomic mass is 35.5. The van der Waals surface area contributed by atoms with E-state index < -0.39 is 0 Å². The molecule has 1 rings (SSSR count). The van der Waals surface area contributed by atoms with Crippen LogP contribution < -0.4 is 0 Å². The smallest absolute Gasteiger partial charge is 0.0729 e. The summed E-state index contributed by atoms with van der Waals surface area (Å²) in [6, 6.07) is 5.97. The van der Waals surface area contributed by atoms with Crippen molar-refractivity contribution in [2.24, 2.45) is 0 Å². The fourth-order valence-electron chi connectivity index (χ4n) is 0.917. The third-order valence-electron chi connectivity index (χ3n) is 1.60. The Morgan fingerprint density at radius 3 is 2.82 bits per heavy atom. The van der Waals surface area contributed by atoms with Crippen LogP contribution in [0.5, 0.6) is 0 Å². The predicted molar refractivity (Wildman–Crippen MR) is 47.9 cm³/mol. The SMILES string of the molecule is CCc1cccc(C(C)Cl)n1. The van der Waals surface area contributed by atoms with Gasteiger partial charge in [0.1, 0.15) is 0 Å². The van der Waals surface area contributed by atoms with E-state index in [9.17, 15) is 0 Å². The summed E-state index contributed by atoms with van der Waals surface area (Å²) in [5.41, 5.74) is 2.07. The largest absolute Gasteiger partial charge is 0.256 e. The van der Waals surface area contributed by atoms with Gasteiger partial charge in [-0.2, -0.15) is 0 Å². The molecule has 0 saturated carbocycles. The van der Waals surface area contributed by atoms with Gasteiger partial charge in [-0.05, 0) is 25.5 Å². The summed E-state index contributed by atoms with van der Waals surface area (Å²) in [7, 11) is 0. The number of alkyl halides is 1. The lowest BCUT2D eigenvalue weighted by Gasteiger charge is -2.03. The molecule has 0 aliphatic carbocycles. The molecule has 1 unspecified atom stereocenters. The lowest BCUT2D eigenvalue weighted by Crippen LogP contribution is -1.93. The molecule has 0 spiro atoms. The van der Waals surface area contributed by atoms with Gasteiger partial charge >= 0.3 is 0 Å². The zero-order valence-electron chi connectivity index (χ0n) is 6.84. The van der Waals surface area contributed by atoms with Crippen molar-refractivity contribution < 1.29 is 0 Å². The van der Waals surface area contributed by atoms with Gasteiger partial charge in [-0.3, -0.25) is 4.98 Å². The van der Waals surface area contributed by atoms with Crippen LogP contribution in [-0.2, 0) is 6.42 Å². The highest BCUT2D eigenvalue weighted by Gasteiger charge is 2.01. The standard InChI is InChI=1S/C9H12ClN/c1-3-8-5-4-6-9(11-8)7(2)10/h4-7H,3H2,1-2H3. The average molecular weight is 170 g/mol. The molecule has 1 atom stereocenters. The van der Waals surface area contributed by atoms with E-state index in [2.05, 4.69) is 11.9 Å². The van der Waals surface area contributed by atoms with Crippen molar-refractivity contribution in [2.45, 2.75) is 25.6 Å². The van der Waals surface area contributed by atoms with Crippen LogP contribution in [-0.4, -0.2) is 4.98 Å². The van der Waals surface area contributed by atoms with E-state index in [0.29, 0.717) is 0 Å². The first-order chi connectivity index (χ1) is 5.24. The monoisotopic (exact) mass is 169 g/mol. The molecule has 0 radical (unpaired) electrons. The first-order valence-electron chi connectivity index (χ1n) is 3.84. The van der Waals surface area contributed by atoms with Crippen molar-refractivity contribution in [2.75, 3.05) is 0 Å². The number of hydrogen-bond acceptors (Lipinski definition) is 1. The molecule has 0 N–H and O–H groups in total. The molecule has 0 bridgehead atoms. The molecule has 1 aromatic rings. The minimum Gasteiger partial charge on any atom is -0.256 e. The van der Waals surface area contributed by atoms with E-state index in [1.54, 1.807) is 0 Å². The van der Waals surface area contributed by atoms with E-state index >= 15 is 0 Å². The second-order valence-electron chi connectivity index (χ2n) is 2.52. The number of halogens is 1. The summed E-state index contributed by atoms with van der Waals surface area (Å²) in [6.07, 6.45) is 0.970. The molecule has 1 nitrogen and oxygen atoms in total. The first-order valence-corrected chi connectivity index (χ1v) is 4.27. The van der Waals surface area contributed by atoms with Gasteiger partial charge in [0.2, 0.25) is 0 Å². The minimum atomic E-state index is 0.0153. The van der Waals surface area contributed by atoms with Crippen molar-refractivity contribution in [1.29, 1.82) is 0 Å². The maximum atomic E-state index is 5.87. The summed E-state index contributed by atoms with van der Waals surface area (Å²) in [4.78, 5) is 4.36. The lowest BCUT2D eigenvalue weighted by atomic mass is 10.2. The Kier molecular flexibility index (Phi) is 2.89. The molecule has 0 fully saturated rings. The van der Waals surface area contributed by atoms with Crippen LogP contribution in [0.3, 0.4) is 0 Å². The Balaban J connectivity index is 2.91. The first kappa shape index (κ1) is 8.54. The molecular weight excluding hydrogens is 158 g/mol. The van der Waals surface area contributed by atoms with E-state index in [0.717, 1.165) is 17.8 Å². The third-order valence-corrected chi connectivity index (χ3v) is 1.82. The van der Waals surface area contributed by atoms with Gasteiger partial charge in [0.25, 0.3) is 0 Å². The van der Waals surface area contributed by atoms with E-state index in [-0.39, 0.29) is 5.38 Å². The minimum absolute atomic E-state index is 0.0153. The van der Waals surface area contributed by atoms with Crippen molar-refractivity contribution in [3.63, 3.8) is 0 Å². The number of aryl methyl sites for hydroxylation is 1. The second kappa shape index (κ2) is 3.72. The molecule has 60 valence electrons. The van der Waals surface area contributed by atoms with Crippen LogP contribution in [0.25, 0.3) is 0 Å².